The monoisotopic (exact) mass is 393 g/mol. The van der Waals surface area contributed by atoms with Gasteiger partial charge in [0, 0.05) is 11.0 Å². The Labute approximate surface area is 179 Å². The van der Waals surface area contributed by atoms with Crippen LogP contribution in [0.1, 0.15) is 38.3 Å². The van der Waals surface area contributed by atoms with Crippen LogP contribution < -0.4 is 40.0 Å². The molecule has 138 valence electrons. The van der Waals surface area contributed by atoms with Gasteiger partial charge in [0.2, 0.25) is 0 Å². The summed E-state index contributed by atoms with van der Waals surface area (Å²) in [6.07, 6.45) is -0.820. The number of alkyl carbamates (subject to hydrolysis) is 1. The molecule has 0 aliphatic rings. The molecule has 0 radical (unpaired) electrons. The predicted octanol–water partition coefficient (Wildman–Crippen LogP) is -1.16. The Balaban J connectivity index is 0.00000625. The molecule has 0 aliphatic heterocycles. The first-order chi connectivity index (χ1) is 11.8. The average molecular weight is 394 g/mol. The molecule has 0 aliphatic carbocycles. The van der Waals surface area contributed by atoms with Crippen LogP contribution in [0.15, 0.2) is 24.3 Å². The van der Waals surface area contributed by atoms with E-state index in [1.54, 1.807) is 38.1 Å². The van der Waals surface area contributed by atoms with Gasteiger partial charge in [0.25, 0.3) is 0 Å². The van der Waals surface area contributed by atoms with Crippen LogP contribution in [0.5, 0.6) is 0 Å². The van der Waals surface area contributed by atoms with Crippen LogP contribution in [0, 0.1) is 5.92 Å². The zero-order valence-electron chi connectivity index (χ0n) is 15.1. The molecule has 1 atom stereocenters. The van der Waals surface area contributed by atoms with E-state index in [0.29, 0.717) is 10.6 Å². The van der Waals surface area contributed by atoms with Crippen LogP contribution in [0.4, 0.5) is 4.79 Å². The predicted molar refractivity (Wildman–Crippen MR) is 88.7 cm³/mol. The Morgan fingerprint density at radius 3 is 2.23 bits per heavy atom. The van der Waals surface area contributed by atoms with E-state index in [-0.39, 0.29) is 67.5 Å². The van der Waals surface area contributed by atoms with E-state index in [1.165, 1.54) is 0 Å². The molecule has 0 fully saturated rings. The molecule has 7 nitrogen and oxygen atoms in total. The normalized spacial score (nSPS) is 11.2. The van der Waals surface area contributed by atoms with E-state index >= 15 is 0 Å². The molecule has 0 saturated heterocycles. The number of amides is 1. The van der Waals surface area contributed by atoms with Gasteiger partial charge in [-0.1, -0.05) is 37.6 Å². The molecule has 0 bridgehead atoms. The van der Waals surface area contributed by atoms with Crippen LogP contribution in [-0.4, -0.2) is 31.2 Å². The molecule has 1 aromatic rings. The Hall–Kier alpha value is -1.28. The van der Waals surface area contributed by atoms with E-state index < -0.39 is 18.1 Å². The van der Waals surface area contributed by atoms with Gasteiger partial charge >= 0.3 is 41.6 Å². The van der Waals surface area contributed by atoms with Crippen molar-refractivity contribution in [2.45, 2.75) is 32.7 Å². The number of benzene rings is 1. The Morgan fingerprint density at radius 2 is 1.69 bits per heavy atom. The molecule has 0 spiro atoms. The number of hydrogen-bond acceptors (Lipinski definition) is 6. The maximum atomic E-state index is 11.9. The summed E-state index contributed by atoms with van der Waals surface area (Å²) >= 11 is 5.82. The number of carboxylic acids is 1. The molecule has 1 rings (SSSR count). The Bertz CT molecular complexity index is 593. The SMILES string of the molecule is CC(C)C(=O)OCCOC(=O)NC(CCC(=O)[O-])c1ccc(Cl)cc1.[Na+]. The maximum absolute atomic E-state index is 11.9. The largest absolute Gasteiger partial charge is 1.00 e. The molecule has 1 N–H and O–H groups in total. The number of aliphatic carboxylic acids is 1. The fourth-order valence-electron chi connectivity index (χ4n) is 1.91. The number of rotatable bonds is 9. The zero-order valence-corrected chi connectivity index (χ0v) is 17.9. The van der Waals surface area contributed by atoms with E-state index in [9.17, 15) is 19.5 Å². The van der Waals surface area contributed by atoms with Crippen molar-refractivity contribution in [3.63, 3.8) is 0 Å². The standard InChI is InChI=1S/C17H22ClNO6.Na/c1-11(2)16(22)24-9-10-25-17(23)19-14(7-8-15(20)21)12-3-5-13(18)6-4-12;/h3-6,11,14H,7-10H2,1-2H3,(H,19,23)(H,20,21);/q;+1/p-1. The van der Waals surface area contributed by atoms with Gasteiger partial charge in [-0.2, -0.15) is 0 Å². The summed E-state index contributed by atoms with van der Waals surface area (Å²) in [5.41, 5.74) is 0.689. The number of ether oxygens (including phenoxy) is 2. The Kier molecular flexibility index (Phi) is 12.3. The fraction of sp³-hybridized carbons (Fsp3) is 0.471. The topological polar surface area (TPSA) is 105 Å². The van der Waals surface area contributed by atoms with E-state index in [4.69, 9.17) is 21.1 Å². The van der Waals surface area contributed by atoms with Crippen molar-refractivity contribution < 1.29 is 58.5 Å². The molecule has 1 aromatic carbocycles. The van der Waals surface area contributed by atoms with Gasteiger partial charge in [0.1, 0.15) is 13.2 Å². The zero-order chi connectivity index (χ0) is 18.8. The third-order valence-electron chi connectivity index (χ3n) is 3.23. The van der Waals surface area contributed by atoms with Crippen LogP contribution in [0.3, 0.4) is 0 Å². The second-order valence-electron chi connectivity index (χ2n) is 5.62. The number of esters is 1. The van der Waals surface area contributed by atoms with Gasteiger partial charge in [-0.05, 0) is 30.5 Å². The molecule has 1 unspecified atom stereocenters. The summed E-state index contributed by atoms with van der Waals surface area (Å²) in [4.78, 5) is 33.8. The van der Waals surface area contributed by atoms with Crippen molar-refractivity contribution in [2.24, 2.45) is 5.92 Å². The minimum Gasteiger partial charge on any atom is -0.550 e. The van der Waals surface area contributed by atoms with Crippen molar-refractivity contribution in [1.29, 1.82) is 0 Å². The van der Waals surface area contributed by atoms with Crippen LogP contribution in [0.2, 0.25) is 5.02 Å². The van der Waals surface area contributed by atoms with Crippen LogP contribution in [0.25, 0.3) is 0 Å². The minimum absolute atomic E-state index is 0. The molecule has 0 heterocycles. The first-order valence-corrected chi connectivity index (χ1v) is 8.22. The molecule has 26 heavy (non-hydrogen) atoms. The van der Waals surface area contributed by atoms with Gasteiger partial charge in [-0.3, -0.25) is 4.79 Å². The average Bonchev–Trinajstić information content (AvgIpc) is 2.55. The molecular formula is C17H21ClNNaO6. The van der Waals surface area contributed by atoms with Gasteiger partial charge in [0.15, 0.2) is 0 Å². The van der Waals surface area contributed by atoms with Gasteiger partial charge < -0.3 is 24.7 Å². The molecule has 1 amide bonds. The molecule has 0 saturated carbocycles. The van der Waals surface area contributed by atoms with E-state index in [2.05, 4.69) is 5.32 Å². The van der Waals surface area contributed by atoms with Crippen molar-refractivity contribution >= 4 is 29.6 Å². The van der Waals surface area contributed by atoms with E-state index in [0.717, 1.165) is 0 Å². The third-order valence-corrected chi connectivity index (χ3v) is 3.49. The summed E-state index contributed by atoms with van der Waals surface area (Å²) in [5.74, 6) is -1.85. The van der Waals surface area contributed by atoms with Crippen LogP contribution >= 0.6 is 11.6 Å². The minimum atomic E-state index is -1.21. The van der Waals surface area contributed by atoms with Crippen molar-refractivity contribution in [3.05, 3.63) is 34.9 Å². The first kappa shape index (κ1) is 24.7. The third kappa shape index (κ3) is 10.0. The second-order valence-corrected chi connectivity index (χ2v) is 6.05. The summed E-state index contributed by atoms with van der Waals surface area (Å²) in [5, 5.41) is 13.8. The number of halogens is 1. The van der Waals surface area contributed by atoms with Gasteiger partial charge in [-0.15, -0.1) is 0 Å². The summed E-state index contributed by atoms with van der Waals surface area (Å²) < 4.78 is 9.83. The summed E-state index contributed by atoms with van der Waals surface area (Å²) in [6.45, 7) is 3.25. The second kappa shape index (κ2) is 13.0. The van der Waals surface area contributed by atoms with Gasteiger partial charge in [0.05, 0.1) is 12.0 Å². The fourth-order valence-corrected chi connectivity index (χ4v) is 2.03. The van der Waals surface area contributed by atoms with Crippen LogP contribution in [-0.2, 0) is 19.1 Å². The first-order valence-electron chi connectivity index (χ1n) is 7.84. The number of nitrogens with one attached hydrogen (secondary N) is 1. The summed E-state index contributed by atoms with van der Waals surface area (Å²) in [7, 11) is 0. The maximum Gasteiger partial charge on any atom is 1.00 e. The quantitative estimate of drug-likeness (QED) is 0.322. The van der Waals surface area contributed by atoms with Crippen molar-refractivity contribution in [2.75, 3.05) is 13.2 Å². The summed E-state index contributed by atoms with van der Waals surface area (Å²) in [6, 6.07) is 6.09. The molecule has 0 aromatic heterocycles. The van der Waals surface area contributed by atoms with Crippen molar-refractivity contribution in [3.8, 4) is 0 Å². The number of hydrogen-bond donors (Lipinski definition) is 1. The number of carboxylic acid groups (broad SMARTS) is 1. The number of carbonyl (C=O) groups excluding carboxylic acids is 3. The van der Waals surface area contributed by atoms with Gasteiger partial charge in [-0.25, -0.2) is 4.79 Å². The number of carbonyl (C=O) groups is 3. The van der Waals surface area contributed by atoms with E-state index in [1.807, 2.05) is 0 Å². The molecule has 9 heteroatoms. The van der Waals surface area contributed by atoms with Crippen molar-refractivity contribution in [1.82, 2.24) is 5.32 Å². The molecular weight excluding hydrogens is 373 g/mol. The Morgan fingerprint density at radius 1 is 1.12 bits per heavy atom. The smallest absolute Gasteiger partial charge is 0.550 e.